The van der Waals surface area contributed by atoms with Crippen molar-refractivity contribution in [3.8, 4) is 40.6 Å². The van der Waals surface area contributed by atoms with Gasteiger partial charge in [0.2, 0.25) is 0 Å². The lowest BCUT2D eigenvalue weighted by atomic mass is 9.57. The molecule has 4 saturated heterocycles. The first kappa shape index (κ1) is 26.8. The molecule has 0 aromatic heterocycles. The minimum absolute atomic E-state index is 0.0363. The summed E-state index contributed by atoms with van der Waals surface area (Å²) in [5.41, 5.74) is 2.26. The Bertz CT molecular complexity index is 1750. The fourth-order valence-electron chi connectivity index (χ4n) is 7.26. The summed E-state index contributed by atoms with van der Waals surface area (Å²) in [6, 6.07) is 26.8. The molecule has 4 aromatic rings. The molecule has 4 heterocycles. The van der Waals surface area contributed by atoms with Gasteiger partial charge < -0.3 is 19.7 Å². The molecule has 4 aliphatic rings. The lowest BCUT2D eigenvalue weighted by Crippen LogP contribution is -2.74. The Morgan fingerprint density at radius 1 is 0.721 bits per heavy atom. The maximum Gasteiger partial charge on any atom is 0.310 e. The van der Waals surface area contributed by atoms with E-state index in [2.05, 4.69) is 34.1 Å². The number of benzene rings is 4. The van der Waals surface area contributed by atoms with Crippen LogP contribution in [0.25, 0.3) is 0 Å². The van der Waals surface area contributed by atoms with E-state index in [9.17, 15) is 20.3 Å². The third kappa shape index (κ3) is 4.78. The molecule has 2 N–H and O–H groups in total. The quantitative estimate of drug-likeness (QED) is 0.212. The van der Waals surface area contributed by atoms with E-state index in [0.29, 0.717) is 23.0 Å². The molecule has 2 unspecified atom stereocenters. The van der Waals surface area contributed by atoms with Crippen LogP contribution in [-0.4, -0.2) is 57.8 Å². The van der Waals surface area contributed by atoms with Crippen molar-refractivity contribution in [2.45, 2.75) is 17.3 Å². The van der Waals surface area contributed by atoms with Gasteiger partial charge in [0, 0.05) is 55.2 Å². The number of rotatable bonds is 7. The van der Waals surface area contributed by atoms with Gasteiger partial charge in [-0.3, -0.25) is 19.9 Å². The maximum absolute atomic E-state index is 11.0. The molecule has 0 amide bonds. The number of ether oxygens (including phenoxy) is 2. The van der Waals surface area contributed by atoms with Crippen LogP contribution in [0.15, 0.2) is 84.9 Å². The average Bonchev–Trinajstić information content (AvgIpc) is 2.97. The molecule has 0 spiro atoms. The first-order chi connectivity index (χ1) is 20.7. The second-order valence-corrected chi connectivity index (χ2v) is 11.8. The summed E-state index contributed by atoms with van der Waals surface area (Å²) in [7, 11) is 0. The molecule has 0 saturated carbocycles. The number of hydrogen-bond acceptors (Lipinski definition) is 9. The molecule has 10 heteroatoms. The largest absolute Gasteiger partial charge is 0.506 e. The number of piperidine rings is 2. The van der Waals surface area contributed by atoms with Gasteiger partial charge in [-0.05, 0) is 60.0 Å². The number of phenols is 2. The fourth-order valence-corrected chi connectivity index (χ4v) is 7.26. The first-order valence-electron chi connectivity index (χ1n) is 14.0. The topological polar surface area (TPSA) is 132 Å². The Morgan fingerprint density at radius 2 is 1.19 bits per heavy atom. The highest BCUT2D eigenvalue weighted by Gasteiger charge is 2.57. The summed E-state index contributed by atoms with van der Waals surface area (Å²) in [5, 5.41) is 40.0. The van der Waals surface area contributed by atoms with Crippen molar-refractivity contribution < 1.29 is 24.6 Å². The average molecular weight is 577 g/mol. The van der Waals surface area contributed by atoms with Gasteiger partial charge in [-0.25, -0.2) is 0 Å². The van der Waals surface area contributed by atoms with Crippen molar-refractivity contribution in [2.24, 2.45) is 0 Å². The lowest BCUT2D eigenvalue weighted by molar-refractivity contribution is -0.385. The Hall–Kier alpha value is -5.11. The van der Waals surface area contributed by atoms with Crippen LogP contribution in [0.1, 0.15) is 23.1 Å². The van der Waals surface area contributed by atoms with Gasteiger partial charge >= 0.3 is 5.69 Å². The Labute approximate surface area is 247 Å². The summed E-state index contributed by atoms with van der Waals surface area (Å²) >= 11 is 0. The molecule has 8 rings (SSSR count). The summed E-state index contributed by atoms with van der Waals surface area (Å²) in [6.45, 7) is 4.88. The van der Waals surface area contributed by atoms with Gasteiger partial charge in [0.15, 0.2) is 5.75 Å². The van der Waals surface area contributed by atoms with E-state index in [1.807, 2.05) is 30.3 Å². The van der Waals surface area contributed by atoms with E-state index >= 15 is 0 Å². The zero-order valence-corrected chi connectivity index (χ0v) is 23.1. The number of nitriles is 1. The van der Waals surface area contributed by atoms with E-state index in [1.54, 1.807) is 6.07 Å². The van der Waals surface area contributed by atoms with E-state index in [1.165, 1.54) is 41.5 Å². The zero-order valence-electron chi connectivity index (χ0n) is 23.1. The molecule has 43 heavy (non-hydrogen) atoms. The molecule has 4 bridgehead atoms. The Balaban J connectivity index is 1.10. The number of hydrogen-bond donors (Lipinski definition) is 2. The number of phenolic OH excluding ortho intramolecular Hbond substituents is 2. The van der Waals surface area contributed by atoms with Crippen LogP contribution in [0.4, 0.5) is 5.69 Å². The maximum atomic E-state index is 11.0. The van der Waals surface area contributed by atoms with Crippen LogP contribution in [0, 0.1) is 21.4 Å². The van der Waals surface area contributed by atoms with Crippen molar-refractivity contribution in [3.63, 3.8) is 0 Å². The third-order valence-electron chi connectivity index (χ3n) is 8.82. The van der Waals surface area contributed by atoms with E-state index in [0.717, 1.165) is 39.3 Å². The molecule has 4 aliphatic heterocycles. The summed E-state index contributed by atoms with van der Waals surface area (Å²) in [5.74, 6) is 1.49. The van der Waals surface area contributed by atoms with Gasteiger partial charge in [0.05, 0.1) is 17.2 Å². The van der Waals surface area contributed by atoms with Crippen molar-refractivity contribution in [1.29, 1.82) is 5.26 Å². The number of nitro groups is 1. The molecule has 4 fully saturated rings. The SMILES string of the molecule is N#Cc1ccc(Oc2ccc(C34CN5CN(C3)CC(c3ccc(Oc6ccc([N+](=O)[O-])c(O)c6)cc3)(C5)C4)cc2)cc1O. The number of aromatic hydroxyl groups is 2. The van der Waals surface area contributed by atoms with Crippen molar-refractivity contribution in [1.82, 2.24) is 9.80 Å². The summed E-state index contributed by atoms with van der Waals surface area (Å²) in [4.78, 5) is 15.4. The fraction of sp³-hybridized carbons (Fsp3) is 0.242. The van der Waals surface area contributed by atoms with Gasteiger partial charge in [0.25, 0.3) is 0 Å². The third-order valence-corrected chi connectivity index (χ3v) is 8.82. The second kappa shape index (κ2) is 10.0. The zero-order chi connectivity index (χ0) is 29.8. The number of nitro benzene ring substituents is 1. The predicted molar refractivity (Wildman–Crippen MR) is 157 cm³/mol. The van der Waals surface area contributed by atoms with Gasteiger partial charge in [-0.15, -0.1) is 0 Å². The molecule has 2 atom stereocenters. The van der Waals surface area contributed by atoms with Crippen LogP contribution in [0.2, 0.25) is 0 Å². The number of nitrogens with zero attached hydrogens (tertiary/aromatic N) is 4. The monoisotopic (exact) mass is 576 g/mol. The summed E-state index contributed by atoms with van der Waals surface area (Å²) in [6.07, 6.45) is 1.01. The van der Waals surface area contributed by atoms with Crippen LogP contribution >= 0.6 is 0 Å². The van der Waals surface area contributed by atoms with Gasteiger partial charge in [-0.1, -0.05) is 24.3 Å². The van der Waals surface area contributed by atoms with Crippen LogP contribution in [0.3, 0.4) is 0 Å². The standard InChI is InChI=1S/C33H28N4O6/c34-15-22-1-6-27(13-30(22)38)42-25-7-2-23(3-8-25)32-16-33(19-35(17-32)21-36(18-32)20-33)24-4-9-26(10-5-24)43-28-11-12-29(37(40)41)31(39)14-28/h1-14,38-39H,16-21H2. The molecule has 4 aromatic carbocycles. The second-order valence-electron chi connectivity index (χ2n) is 11.8. The highest BCUT2D eigenvalue weighted by molar-refractivity contribution is 5.51. The smallest absolute Gasteiger partial charge is 0.310 e. The minimum Gasteiger partial charge on any atom is -0.506 e. The first-order valence-corrected chi connectivity index (χ1v) is 14.0. The molecule has 0 radical (unpaired) electrons. The highest BCUT2D eigenvalue weighted by Crippen LogP contribution is 2.52. The molecular weight excluding hydrogens is 548 g/mol. The highest BCUT2D eigenvalue weighted by atomic mass is 16.6. The Morgan fingerprint density at radius 3 is 1.63 bits per heavy atom. The molecule has 10 nitrogen and oxygen atoms in total. The van der Waals surface area contributed by atoms with Crippen LogP contribution < -0.4 is 9.47 Å². The van der Waals surface area contributed by atoms with E-state index < -0.39 is 10.7 Å². The normalized spacial score (nSPS) is 25.2. The van der Waals surface area contributed by atoms with E-state index in [-0.39, 0.29) is 27.8 Å². The van der Waals surface area contributed by atoms with Crippen molar-refractivity contribution >= 4 is 5.69 Å². The van der Waals surface area contributed by atoms with Gasteiger partial charge in [-0.2, -0.15) is 5.26 Å². The Kier molecular flexibility index (Phi) is 6.23. The van der Waals surface area contributed by atoms with Crippen molar-refractivity contribution in [3.05, 3.63) is 112 Å². The molecule has 0 aliphatic carbocycles. The predicted octanol–water partition coefficient (Wildman–Crippen LogP) is 5.63. The summed E-state index contributed by atoms with van der Waals surface area (Å²) < 4.78 is 11.8. The van der Waals surface area contributed by atoms with Crippen molar-refractivity contribution in [2.75, 3.05) is 32.8 Å². The minimum atomic E-state index is -0.635. The molecule has 216 valence electrons. The van der Waals surface area contributed by atoms with E-state index in [4.69, 9.17) is 14.7 Å². The van der Waals surface area contributed by atoms with Crippen LogP contribution in [0.5, 0.6) is 34.5 Å². The molecular formula is C33H28N4O6. The lowest BCUT2D eigenvalue weighted by Gasteiger charge is -2.64. The van der Waals surface area contributed by atoms with Gasteiger partial charge in [0.1, 0.15) is 34.8 Å². The van der Waals surface area contributed by atoms with Crippen LogP contribution in [-0.2, 0) is 10.8 Å².